The van der Waals surface area contributed by atoms with Crippen molar-refractivity contribution in [3.05, 3.63) is 28.8 Å². The minimum absolute atomic E-state index is 0.265. The van der Waals surface area contributed by atoms with E-state index in [-0.39, 0.29) is 13.2 Å². The molecule has 1 aromatic rings. The number of aryl methyl sites for hydroxylation is 1. The van der Waals surface area contributed by atoms with Crippen molar-refractivity contribution in [2.75, 3.05) is 19.8 Å². The molecule has 0 heterocycles. The summed E-state index contributed by atoms with van der Waals surface area (Å²) in [7, 11) is 0. The topological polar surface area (TPSA) is 61.8 Å². The second-order valence-corrected chi connectivity index (χ2v) is 4.89. The highest BCUT2D eigenvalue weighted by Crippen LogP contribution is 2.21. The molecule has 21 heavy (non-hydrogen) atoms. The first kappa shape index (κ1) is 17.5. The van der Waals surface area contributed by atoms with Crippen LogP contribution in [0.2, 0.25) is 5.02 Å². The first-order chi connectivity index (χ1) is 10.0. The van der Waals surface area contributed by atoms with Crippen LogP contribution < -0.4 is 4.74 Å². The first-order valence-corrected chi connectivity index (χ1v) is 7.11. The molecule has 0 radical (unpaired) electrons. The summed E-state index contributed by atoms with van der Waals surface area (Å²) in [5.41, 5.74) is 0.745. The lowest BCUT2D eigenvalue weighted by Crippen LogP contribution is -2.20. The lowest BCUT2D eigenvalue weighted by atomic mass is 10.2. The van der Waals surface area contributed by atoms with Gasteiger partial charge in [0.15, 0.2) is 0 Å². The minimum Gasteiger partial charge on any atom is -0.464 e. The van der Waals surface area contributed by atoms with Crippen LogP contribution in [0.3, 0.4) is 0 Å². The van der Waals surface area contributed by atoms with Gasteiger partial charge in [0, 0.05) is 5.02 Å². The Labute approximate surface area is 129 Å². The predicted molar refractivity (Wildman–Crippen MR) is 78.5 cm³/mol. The van der Waals surface area contributed by atoms with Gasteiger partial charge in [0.25, 0.3) is 0 Å². The molecule has 0 aliphatic rings. The summed E-state index contributed by atoms with van der Waals surface area (Å²) in [4.78, 5) is 22.8. The normalized spacial score (nSPS) is 10.2. The summed E-state index contributed by atoms with van der Waals surface area (Å²) in [5, 5.41) is 0.568. The van der Waals surface area contributed by atoms with Crippen molar-refractivity contribution < 1.29 is 23.8 Å². The van der Waals surface area contributed by atoms with Crippen molar-refractivity contribution in [3.8, 4) is 5.75 Å². The summed E-state index contributed by atoms with van der Waals surface area (Å²) in [5.74, 6) is -0.653. The zero-order chi connectivity index (χ0) is 15.7. The van der Waals surface area contributed by atoms with Crippen LogP contribution in [0.25, 0.3) is 0 Å². The van der Waals surface area contributed by atoms with Gasteiger partial charge in [-0.25, -0.2) is 9.59 Å². The van der Waals surface area contributed by atoms with E-state index in [2.05, 4.69) is 0 Å². The maximum atomic E-state index is 11.6. The Morgan fingerprint density at radius 3 is 2.57 bits per heavy atom. The molecule has 0 spiro atoms. The fraction of sp³-hybridized carbons (Fsp3) is 0.467. The van der Waals surface area contributed by atoms with Crippen LogP contribution in [-0.4, -0.2) is 31.8 Å². The number of halogens is 1. The Morgan fingerprint density at radius 1 is 1.19 bits per heavy atom. The van der Waals surface area contributed by atoms with Gasteiger partial charge in [0.1, 0.15) is 19.0 Å². The molecule has 0 aliphatic heterocycles. The SMILES string of the molecule is CCCCOC(=O)COCC(=O)Oc1ccc(Cl)cc1C. The molecule has 1 aromatic carbocycles. The van der Waals surface area contributed by atoms with Gasteiger partial charge in [0.05, 0.1) is 6.61 Å². The van der Waals surface area contributed by atoms with E-state index in [4.69, 9.17) is 25.8 Å². The Bertz CT molecular complexity index is 487. The molecule has 0 aliphatic carbocycles. The van der Waals surface area contributed by atoms with Gasteiger partial charge in [-0.05, 0) is 37.1 Å². The standard InChI is InChI=1S/C15H19ClO5/c1-3-4-7-20-14(17)9-19-10-15(18)21-13-6-5-12(16)8-11(13)2/h5-6,8H,3-4,7,9-10H2,1-2H3. The number of hydrogen-bond acceptors (Lipinski definition) is 5. The monoisotopic (exact) mass is 314 g/mol. The average Bonchev–Trinajstić information content (AvgIpc) is 2.42. The third-order valence-electron chi connectivity index (χ3n) is 2.56. The third kappa shape index (κ3) is 7.11. The zero-order valence-electron chi connectivity index (χ0n) is 12.2. The Morgan fingerprint density at radius 2 is 1.90 bits per heavy atom. The van der Waals surface area contributed by atoms with Crippen molar-refractivity contribution in [1.82, 2.24) is 0 Å². The molecule has 0 bridgehead atoms. The molecule has 0 aromatic heterocycles. The maximum absolute atomic E-state index is 11.6. The maximum Gasteiger partial charge on any atom is 0.337 e. The highest BCUT2D eigenvalue weighted by atomic mass is 35.5. The van der Waals surface area contributed by atoms with Gasteiger partial charge in [-0.3, -0.25) is 0 Å². The quantitative estimate of drug-likeness (QED) is 0.419. The number of ether oxygens (including phenoxy) is 3. The third-order valence-corrected chi connectivity index (χ3v) is 2.80. The molecule has 0 amide bonds. The van der Waals surface area contributed by atoms with Crippen molar-refractivity contribution in [2.45, 2.75) is 26.7 Å². The van der Waals surface area contributed by atoms with Gasteiger partial charge in [-0.2, -0.15) is 0 Å². The van der Waals surface area contributed by atoms with Crippen molar-refractivity contribution >= 4 is 23.5 Å². The van der Waals surface area contributed by atoms with E-state index in [1.165, 1.54) is 0 Å². The largest absolute Gasteiger partial charge is 0.464 e. The molecule has 0 atom stereocenters. The molecular formula is C15H19ClO5. The first-order valence-electron chi connectivity index (χ1n) is 6.73. The van der Waals surface area contributed by atoms with E-state index in [9.17, 15) is 9.59 Å². The average molecular weight is 315 g/mol. The zero-order valence-corrected chi connectivity index (χ0v) is 12.9. The highest BCUT2D eigenvalue weighted by Gasteiger charge is 2.10. The van der Waals surface area contributed by atoms with Crippen LogP contribution in [0.5, 0.6) is 5.75 Å². The van der Waals surface area contributed by atoms with Crippen LogP contribution in [0.4, 0.5) is 0 Å². The van der Waals surface area contributed by atoms with E-state index in [0.717, 1.165) is 18.4 Å². The highest BCUT2D eigenvalue weighted by molar-refractivity contribution is 6.30. The number of esters is 2. The molecule has 1 rings (SSSR count). The molecule has 5 nitrogen and oxygen atoms in total. The Kier molecular flexibility index (Phi) is 7.79. The molecule has 116 valence electrons. The number of unbranched alkanes of at least 4 members (excludes halogenated alkanes) is 1. The molecule has 0 fully saturated rings. The molecular weight excluding hydrogens is 296 g/mol. The van der Waals surface area contributed by atoms with Gasteiger partial charge in [-0.15, -0.1) is 0 Å². The van der Waals surface area contributed by atoms with Crippen LogP contribution >= 0.6 is 11.6 Å². The van der Waals surface area contributed by atoms with E-state index in [0.29, 0.717) is 17.4 Å². The lowest BCUT2D eigenvalue weighted by molar-refractivity contribution is -0.152. The van der Waals surface area contributed by atoms with E-state index in [1.54, 1.807) is 25.1 Å². The van der Waals surface area contributed by atoms with Crippen molar-refractivity contribution in [1.29, 1.82) is 0 Å². The summed E-state index contributed by atoms with van der Waals surface area (Å²) >= 11 is 5.81. The summed E-state index contributed by atoms with van der Waals surface area (Å²) < 4.78 is 14.9. The summed E-state index contributed by atoms with van der Waals surface area (Å²) in [6, 6.07) is 4.92. The van der Waals surface area contributed by atoms with Crippen LogP contribution in [0.15, 0.2) is 18.2 Å². The number of carbonyl (C=O) groups excluding carboxylic acids is 2. The van der Waals surface area contributed by atoms with E-state index < -0.39 is 11.9 Å². The van der Waals surface area contributed by atoms with Gasteiger partial charge in [0.2, 0.25) is 0 Å². The number of hydrogen-bond donors (Lipinski definition) is 0. The van der Waals surface area contributed by atoms with Gasteiger partial charge >= 0.3 is 11.9 Å². The predicted octanol–water partition coefficient (Wildman–Crippen LogP) is 2.91. The lowest BCUT2D eigenvalue weighted by Gasteiger charge is -2.08. The number of carbonyl (C=O) groups is 2. The fourth-order valence-electron chi connectivity index (χ4n) is 1.47. The smallest absolute Gasteiger partial charge is 0.337 e. The summed E-state index contributed by atoms with van der Waals surface area (Å²) in [6.07, 6.45) is 1.75. The minimum atomic E-state index is -0.582. The Hall–Kier alpha value is -1.59. The number of benzene rings is 1. The van der Waals surface area contributed by atoms with Crippen LogP contribution in [0, 0.1) is 6.92 Å². The van der Waals surface area contributed by atoms with Crippen molar-refractivity contribution in [3.63, 3.8) is 0 Å². The van der Waals surface area contributed by atoms with Gasteiger partial charge < -0.3 is 14.2 Å². The second kappa shape index (κ2) is 9.37. The fourth-order valence-corrected chi connectivity index (χ4v) is 1.70. The molecule has 0 saturated carbocycles. The van der Waals surface area contributed by atoms with Crippen LogP contribution in [-0.2, 0) is 19.1 Å². The van der Waals surface area contributed by atoms with E-state index in [1.807, 2.05) is 6.92 Å². The molecule has 0 saturated heterocycles. The number of rotatable bonds is 8. The molecule has 6 heteroatoms. The molecule has 0 N–H and O–H groups in total. The second-order valence-electron chi connectivity index (χ2n) is 4.45. The van der Waals surface area contributed by atoms with E-state index >= 15 is 0 Å². The van der Waals surface area contributed by atoms with Crippen LogP contribution in [0.1, 0.15) is 25.3 Å². The Balaban J connectivity index is 2.26. The van der Waals surface area contributed by atoms with Gasteiger partial charge in [-0.1, -0.05) is 24.9 Å². The summed E-state index contributed by atoms with van der Waals surface area (Å²) in [6.45, 7) is 3.57. The molecule has 0 unspecified atom stereocenters. The van der Waals surface area contributed by atoms with Crippen molar-refractivity contribution in [2.24, 2.45) is 0 Å².